The zero-order valence-electron chi connectivity index (χ0n) is 11.1. The standard InChI is InChI=1S/C16H16N2OS/c19-16(17-12-5-6-12)14-7-8-15(20-14)18-10-9-11-3-1-2-4-13(11)18/h1-4,7-8,12H,5-6,9-10H2,(H,17,19). The molecule has 2 aliphatic rings. The Labute approximate surface area is 122 Å². The first kappa shape index (κ1) is 12.0. The number of carbonyl (C=O) groups excluding carboxylic acids is 1. The van der Waals surface area contributed by atoms with E-state index in [1.54, 1.807) is 11.3 Å². The lowest BCUT2D eigenvalue weighted by Crippen LogP contribution is -2.24. The molecule has 1 aromatic carbocycles. The number of rotatable bonds is 3. The van der Waals surface area contributed by atoms with Crippen LogP contribution in [0.5, 0.6) is 0 Å². The van der Waals surface area contributed by atoms with Gasteiger partial charge in [0.25, 0.3) is 5.91 Å². The van der Waals surface area contributed by atoms with Gasteiger partial charge in [0.15, 0.2) is 0 Å². The molecule has 0 bridgehead atoms. The summed E-state index contributed by atoms with van der Waals surface area (Å²) >= 11 is 1.59. The zero-order chi connectivity index (χ0) is 13.5. The minimum Gasteiger partial charge on any atom is -0.349 e. The molecule has 4 rings (SSSR count). The number of para-hydroxylation sites is 1. The minimum absolute atomic E-state index is 0.0798. The summed E-state index contributed by atoms with van der Waals surface area (Å²) in [5.74, 6) is 0.0798. The van der Waals surface area contributed by atoms with E-state index in [9.17, 15) is 4.79 Å². The van der Waals surface area contributed by atoms with Crippen molar-refractivity contribution in [2.75, 3.05) is 11.4 Å². The molecule has 0 unspecified atom stereocenters. The van der Waals surface area contributed by atoms with Gasteiger partial charge in [0.2, 0.25) is 0 Å². The third-order valence-electron chi connectivity index (χ3n) is 3.88. The Balaban J connectivity index is 1.58. The second kappa shape index (κ2) is 4.63. The molecule has 1 saturated carbocycles. The van der Waals surface area contributed by atoms with Gasteiger partial charge in [-0.15, -0.1) is 11.3 Å². The van der Waals surface area contributed by atoms with Crippen LogP contribution in [0.3, 0.4) is 0 Å². The van der Waals surface area contributed by atoms with Crippen LogP contribution >= 0.6 is 11.3 Å². The van der Waals surface area contributed by atoms with Crippen molar-refractivity contribution in [3.05, 3.63) is 46.8 Å². The van der Waals surface area contributed by atoms with E-state index in [1.807, 2.05) is 6.07 Å². The van der Waals surface area contributed by atoms with Crippen molar-refractivity contribution in [2.24, 2.45) is 0 Å². The highest BCUT2D eigenvalue weighted by Gasteiger charge is 2.26. The number of thiophene rings is 1. The Bertz CT molecular complexity index is 660. The number of benzene rings is 1. The summed E-state index contributed by atoms with van der Waals surface area (Å²) in [5, 5.41) is 4.21. The van der Waals surface area contributed by atoms with Gasteiger partial charge in [-0.05, 0) is 43.0 Å². The molecule has 102 valence electrons. The van der Waals surface area contributed by atoms with E-state index in [0.717, 1.165) is 35.7 Å². The average molecular weight is 284 g/mol. The second-order valence-electron chi connectivity index (χ2n) is 5.42. The maximum Gasteiger partial charge on any atom is 0.261 e. The normalized spacial score (nSPS) is 17.1. The monoisotopic (exact) mass is 284 g/mol. The number of nitrogens with one attached hydrogen (secondary N) is 1. The van der Waals surface area contributed by atoms with Crippen molar-refractivity contribution in [3.63, 3.8) is 0 Å². The lowest BCUT2D eigenvalue weighted by Gasteiger charge is -2.16. The Kier molecular flexibility index (Phi) is 2.77. The van der Waals surface area contributed by atoms with Gasteiger partial charge in [-0.25, -0.2) is 0 Å². The van der Waals surface area contributed by atoms with Crippen LogP contribution in [0.15, 0.2) is 36.4 Å². The second-order valence-corrected chi connectivity index (χ2v) is 6.48. The van der Waals surface area contributed by atoms with E-state index in [1.165, 1.54) is 11.3 Å². The van der Waals surface area contributed by atoms with Gasteiger partial charge in [-0.3, -0.25) is 4.79 Å². The summed E-state index contributed by atoms with van der Waals surface area (Å²) in [4.78, 5) is 15.2. The van der Waals surface area contributed by atoms with Gasteiger partial charge in [0, 0.05) is 18.3 Å². The molecule has 0 saturated heterocycles. The summed E-state index contributed by atoms with van der Waals surface area (Å²) in [7, 11) is 0. The third kappa shape index (κ3) is 2.10. The van der Waals surface area contributed by atoms with Gasteiger partial charge in [0.1, 0.15) is 0 Å². The molecule has 2 heterocycles. The highest BCUT2D eigenvalue weighted by atomic mass is 32.1. The molecule has 0 atom stereocenters. The molecule has 1 amide bonds. The lowest BCUT2D eigenvalue weighted by molar-refractivity contribution is 0.0955. The molecule has 1 N–H and O–H groups in total. The van der Waals surface area contributed by atoms with Crippen LogP contribution < -0.4 is 10.2 Å². The summed E-state index contributed by atoms with van der Waals surface area (Å²) in [6.45, 7) is 1.00. The van der Waals surface area contributed by atoms with Crippen LogP contribution in [-0.2, 0) is 6.42 Å². The molecular weight excluding hydrogens is 268 g/mol. The summed E-state index contributed by atoms with van der Waals surface area (Å²) in [6, 6.07) is 12.9. The lowest BCUT2D eigenvalue weighted by atomic mass is 10.2. The van der Waals surface area contributed by atoms with Crippen molar-refractivity contribution in [1.29, 1.82) is 0 Å². The molecule has 2 aromatic rings. The molecule has 1 aliphatic carbocycles. The van der Waals surface area contributed by atoms with Gasteiger partial charge >= 0.3 is 0 Å². The Morgan fingerprint density at radius 3 is 2.90 bits per heavy atom. The minimum atomic E-state index is 0.0798. The van der Waals surface area contributed by atoms with Gasteiger partial charge in [-0.2, -0.15) is 0 Å². The van der Waals surface area contributed by atoms with Gasteiger partial charge in [0.05, 0.1) is 9.88 Å². The fraction of sp³-hybridized carbons (Fsp3) is 0.312. The summed E-state index contributed by atoms with van der Waals surface area (Å²) in [6.07, 6.45) is 3.34. The smallest absolute Gasteiger partial charge is 0.261 e. The van der Waals surface area contributed by atoms with Crippen molar-refractivity contribution in [3.8, 4) is 0 Å². The Hall–Kier alpha value is -1.81. The number of hydrogen-bond acceptors (Lipinski definition) is 3. The predicted molar refractivity (Wildman–Crippen MR) is 82.0 cm³/mol. The first-order valence-electron chi connectivity index (χ1n) is 7.07. The summed E-state index contributed by atoms with van der Waals surface area (Å²) < 4.78 is 0. The summed E-state index contributed by atoms with van der Waals surface area (Å²) in [5.41, 5.74) is 2.67. The molecule has 0 radical (unpaired) electrons. The number of amides is 1. The number of hydrogen-bond donors (Lipinski definition) is 1. The maximum atomic E-state index is 12.0. The molecule has 1 fully saturated rings. The number of anilines is 2. The fourth-order valence-electron chi connectivity index (χ4n) is 2.65. The highest BCUT2D eigenvalue weighted by molar-refractivity contribution is 7.18. The number of fused-ring (bicyclic) bond motifs is 1. The van der Waals surface area contributed by atoms with Crippen LogP contribution in [-0.4, -0.2) is 18.5 Å². The van der Waals surface area contributed by atoms with Gasteiger partial charge < -0.3 is 10.2 Å². The van der Waals surface area contributed by atoms with E-state index in [0.29, 0.717) is 6.04 Å². The predicted octanol–water partition coefficient (Wildman–Crippen LogP) is 3.33. The first-order chi connectivity index (χ1) is 9.81. The van der Waals surface area contributed by atoms with Crippen LogP contribution in [0.25, 0.3) is 0 Å². The maximum absolute atomic E-state index is 12.0. The van der Waals surface area contributed by atoms with Crippen LogP contribution in [0.4, 0.5) is 10.7 Å². The van der Waals surface area contributed by atoms with E-state index in [2.05, 4.69) is 40.5 Å². The fourth-order valence-corrected chi connectivity index (χ4v) is 3.60. The highest BCUT2D eigenvalue weighted by Crippen LogP contribution is 2.38. The van der Waals surface area contributed by atoms with E-state index in [-0.39, 0.29) is 5.91 Å². The van der Waals surface area contributed by atoms with Crippen molar-refractivity contribution >= 4 is 27.9 Å². The van der Waals surface area contributed by atoms with Crippen molar-refractivity contribution in [1.82, 2.24) is 5.32 Å². The van der Waals surface area contributed by atoms with Crippen molar-refractivity contribution < 1.29 is 4.79 Å². The van der Waals surface area contributed by atoms with E-state index < -0.39 is 0 Å². The largest absolute Gasteiger partial charge is 0.349 e. The van der Waals surface area contributed by atoms with Crippen molar-refractivity contribution in [2.45, 2.75) is 25.3 Å². The molecule has 1 aromatic heterocycles. The topological polar surface area (TPSA) is 32.3 Å². The average Bonchev–Trinajstić information content (AvgIpc) is 3.01. The Morgan fingerprint density at radius 2 is 2.05 bits per heavy atom. The quantitative estimate of drug-likeness (QED) is 0.937. The van der Waals surface area contributed by atoms with Crippen LogP contribution in [0.1, 0.15) is 28.1 Å². The SMILES string of the molecule is O=C(NC1CC1)c1ccc(N2CCc3ccccc32)s1. The molecule has 1 aliphatic heterocycles. The number of nitrogens with zero attached hydrogens (tertiary/aromatic N) is 1. The van der Waals surface area contributed by atoms with E-state index in [4.69, 9.17) is 0 Å². The number of carbonyl (C=O) groups is 1. The van der Waals surface area contributed by atoms with Gasteiger partial charge in [-0.1, -0.05) is 18.2 Å². The molecule has 4 heteroatoms. The molecule has 3 nitrogen and oxygen atoms in total. The molecule has 0 spiro atoms. The van der Waals surface area contributed by atoms with E-state index >= 15 is 0 Å². The Morgan fingerprint density at radius 1 is 1.20 bits per heavy atom. The zero-order valence-corrected chi connectivity index (χ0v) is 12.0. The van der Waals surface area contributed by atoms with Crippen LogP contribution in [0.2, 0.25) is 0 Å². The third-order valence-corrected chi connectivity index (χ3v) is 4.99. The van der Waals surface area contributed by atoms with Crippen LogP contribution in [0, 0.1) is 0 Å². The molecular formula is C16H16N2OS. The first-order valence-corrected chi connectivity index (χ1v) is 7.89. The molecule has 20 heavy (non-hydrogen) atoms.